The Morgan fingerprint density at radius 1 is 1.37 bits per heavy atom. The highest BCUT2D eigenvalue weighted by molar-refractivity contribution is 9.10. The van der Waals surface area contributed by atoms with Gasteiger partial charge in [0.25, 0.3) is 0 Å². The van der Waals surface area contributed by atoms with E-state index in [1.165, 1.54) is 0 Å². The zero-order chi connectivity index (χ0) is 14.0. The van der Waals surface area contributed by atoms with Gasteiger partial charge in [-0.25, -0.2) is 9.67 Å². The Morgan fingerprint density at radius 2 is 2.11 bits per heavy atom. The van der Waals surface area contributed by atoms with Crippen molar-refractivity contribution in [1.82, 2.24) is 29.9 Å². The van der Waals surface area contributed by atoms with E-state index in [1.807, 2.05) is 23.3 Å². The highest BCUT2D eigenvalue weighted by Gasteiger charge is 2.12. The summed E-state index contributed by atoms with van der Waals surface area (Å²) in [5.74, 6) is 0.809. The van der Waals surface area contributed by atoms with Crippen LogP contribution in [-0.2, 0) is 20.1 Å². The number of nitrogens with one attached hydrogen (secondary N) is 1. The first kappa shape index (κ1) is 14.2. The lowest BCUT2D eigenvalue weighted by molar-refractivity contribution is 0.560. The number of halogens is 1. The molecule has 0 spiro atoms. The van der Waals surface area contributed by atoms with Crippen LogP contribution in [0.3, 0.4) is 0 Å². The molecule has 0 amide bonds. The van der Waals surface area contributed by atoms with Gasteiger partial charge in [-0.15, -0.1) is 0 Å². The van der Waals surface area contributed by atoms with E-state index in [1.54, 1.807) is 6.33 Å². The Kier molecular flexibility index (Phi) is 4.36. The van der Waals surface area contributed by atoms with Gasteiger partial charge in [0, 0.05) is 13.1 Å². The molecule has 0 atom stereocenters. The molecule has 2 aromatic rings. The van der Waals surface area contributed by atoms with Crippen LogP contribution in [0.1, 0.15) is 31.1 Å². The molecule has 7 heteroatoms. The molecule has 0 unspecified atom stereocenters. The minimum Gasteiger partial charge on any atom is -0.308 e. The van der Waals surface area contributed by atoms with Crippen LogP contribution in [0.25, 0.3) is 0 Å². The average molecular weight is 327 g/mol. The largest absolute Gasteiger partial charge is 0.308 e. The number of nitrogens with zero attached hydrogens (tertiary/aromatic N) is 5. The first-order chi connectivity index (χ1) is 8.97. The number of aromatic nitrogens is 5. The standard InChI is InChI=1S/C12H19BrN6/c1-8(2)14-5-11-15-7-19(17-11)6-10-12(13)9(3)16-18(10)4/h7-8,14H,5-6H2,1-4H3. The molecule has 1 N–H and O–H groups in total. The van der Waals surface area contributed by atoms with Crippen molar-refractivity contribution < 1.29 is 0 Å². The summed E-state index contributed by atoms with van der Waals surface area (Å²) in [5.41, 5.74) is 2.07. The fourth-order valence-electron chi connectivity index (χ4n) is 1.79. The van der Waals surface area contributed by atoms with Crippen LogP contribution < -0.4 is 5.32 Å². The van der Waals surface area contributed by atoms with Crippen molar-refractivity contribution in [3.63, 3.8) is 0 Å². The normalized spacial score (nSPS) is 11.5. The highest BCUT2D eigenvalue weighted by Crippen LogP contribution is 2.20. The summed E-state index contributed by atoms with van der Waals surface area (Å²) in [6, 6.07) is 0.431. The van der Waals surface area contributed by atoms with Crippen molar-refractivity contribution >= 4 is 15.9 Å². The van der Waals surface area contributed by atoms with Crippen molar-refractivity contribution in [3.8, 4) is 0 Å². The van der Waals surface area contributed by atoms with Gasteiger partial charge in [0.2, 0.25) is 0 Å². The second kappa shape index (κ2) is 5.83. The monoisotopic (exact) mass is 326 g/mol. The van der Waals surface area contributed by atoms with Crippen LogP contribution >= 0.6 is 15.9 Å². The number of hydrogen-bond donors (Lipinski definition) is 1. The summed E-state index contributed by atoms with van der Waals surface area (Å²) >= 11 is 3.56. The summed E-state index contributed by atoms with van der Waals surface area (Å²) in [5, 5.41) is 12.1. The lowest BCUT2D eigenvalue weighted by Gasteiger charge is -2.04. The third-order valence-corrected chi connectivity index (χ3v) is 3.86. The topological polar surface area (TPSA) is 60.6 Å². The molecule has 6 nitrogen and oxygen atoms in total. The molecule has 0 fully saturated rings. The minimum atomic E-state index is 0.431. The summed E-state index contributed by atoms with van der Waals surface area (Å²) in [6.45, 7) is 7.54. The predicted octanol–water partition coefficient (Wildman–Crippen LogP) is 1.63. The van der Waals surface area contributed by atoms with E-state index in [0.29, 0.717) is 19.1 Å². The molecule has 0 aliphatic rings. The van der Waals surface area contributed by atoms with Crippen molar-refractivity contribution in [3.05, 3.63) is 28.0 Å². The van der Waals surface area contributed by atoms with Gasteiger partial charge in [-0.05, 0) is 22.9 Å². The van der Waals surface area contributed by atoms with Crippen LogP contribution in [0.2, 0.25) is 0 Å². The lowest BCUT2D eigenvalue weighted by atomic mass is 10.4. The zero-order valence-electron chi connectivity index (χ0n) is 11.7. The Labute approximate surface area is 121 Å². The average Bonchev–Trinajstić information content (AvgIpc) is 2.88. The first-order valence-corrected chi connectivity index (χ1v) is 7.06. The smallest absolute Gasteiger partial charge is 0.164 e. The van der Waals surface area contributed by atoms with Gasteiger partial charge in [0.05, 0.1) is 29.0 Å². The van der Waals surface area contributed by atoms with E-state index in [9.17, 15) is 0 Å². The molecule has 0 aromatic carbocycles. The zero-order valence-corrected chi connectivity index (χ0v) is 13.3. The number of aryl methyl sites for hydroxylation is 2. The van der Waals surface area contributed by atoms with Crippen LogP contribution in [0.15, 0.2) is 10.8 Å². The molecule has 0 saturated carbocycles. The van der Waals surface area contributed by atoms with E-state index in [2.05, 4.69) is 50.3 Å². The van der Waals surface area contributed by atoms with Crippen molar-refractivity contribution in [2.45, 2.75) is 39.9 Å². The minimum absolute atomic E-state index is 0.431. The SMILES string of the molecule is Cc1nn(C)c(Cn2cnc(CNC(C)C)n2)c1Br. The van der Waals surface area contributed by atoms with Gasteiger partial charge >= 0.3 is 0 Å². The van der Waals surface area contributed by atoms with E-state index in [0.717, 1.165) is 21.7 Å². The second-order valence-electron chi connectivity index (χ2n) is 4.86. The molecule has 2 heterocycles. The van der Waals surface area contributed by atoms with Crippen LogP contribution in [0.4, 0.5) is 0 Å². The molecular formula is C12H19BrN6. The molecular weight excluding hydrogens is 308 g/mol. The van der Waals surface area contributed by atoms with Crippen molar-refractivity contribution in [1.29, 1.82) is 0 Å². The van der Waals surface area contributed by atoms with Gasteiger partial charge in [0.15, 0.2) is 5.82 Å². The maximum absolute atomic E-state index is 4.45. The van der Waals surface area contributed by atoms with Crippen molar-refractivity contribution in [2.24, 2.45) is 7.05 Å². The van der Waals surface area contributed by atoms with Crippen LogP contribution in [0.5, 0.6) is 0 Å². The molecule has 0 radical (unpaired) electrons. The molecule has 2 aromatic heterocycles. The predicted molar refractivity (Wildman–Crippen MR) is 76.7 cm³/mol. The van der Waals surface area contributed by atoms with E-state index in [-0.39, 0.29) is 0 Å². The summed E-state index contributed by atoms with van der Waals surface area (Å²) in [7, 11) is 1.94. The van der Waals surface area contributed by atoms with Gasteiger partial charge in [0.1, 0.15) is 6.33 Å². The quantitative estimate of drug-likeness (QED) is 0.907. The number of hydrogen-bond acceptors (Lipinski definition) is 4. The lowest BCUT2D eigenvalue weighted by Crippen LogP contribution is -2.22. The molecule has 0 bridgehead atoms. The van der Waals surface area contributed by atoms with E-state index in [4.69, 9.17) is 0 Å². The molecule has 2 rings (SSSR count). The van der Waals surface area contributed by atoms with Gasteiger partial charge in [-0.2, -0.15) is 10.2 Å². The molecule has 0 saturated heterocycles. The third kappa shape index (κ3) is 3.42. The summed E-state index contributed by atoms with van der Waals surface area (Å²) in [4.78, 5) is 4.29. The fourth-order valence-corrected chi connectivity index (χ4v) is 2.25. The third-order valence-electron chi connectivity index (χ3n) is 2.83. The Bertz CT molecular complexity index is 557. The maximum Gasteiger partial charge on any atom is 0.164 e. The maximum atomic E-state index is 4.45. The van der Waals surface area contributed by atoms with Gasteiger partial charge in [-0.3, -0.25) is 4.68 Å². The highest BCUT2D eigenvalue weighted by atomic mass is 79.9. The Morgan fingerprint density at radius 3 is 2.68 bits per heavy atom. The summed E-state index contributed by atoms with van der Waals surface area (Å²) < 4.78 is 4.73. The molecule has 104 valence electrons. The molecule has 19 heavy (non-hydrogen) atoms. The molecule has 0 aliphatic heterocycles. The number of rotatable bonds is 5. The fraction of sp³-hybridized carbons (Fsp3) is 0.583. The Hall–Kier alpha value is -1.21. The van der Waals surface area contributed by atoms with Crippen molar-refractivity contribution in [2.75, 3.05) is 0 Å². The van der Waals surface area contributed by atoms with E-state index < -0.39 is 0 Å². The van der Waals surface area contributed by atoms with Gasteiger partial charge < -0.3 is 5.32 Å². The van der Waals surface area contributed by atoms with Crippen LogP contribution in [0, 0.1) is 6.92 Å². The van der Waals surface area contributed by atoms with Crippen LogP contribution in [-0.4, -0.2) is 30.6 Å². The first-order valence-electron chi connectivity index (χ1n) is 6.27. The second-order valence-corrected chi connectivity index (χ2v) is 5.66. The summed E-state index contributed by atoms with van der Waals surface area (Å²) in [6.07, 6.45) is 1.76. The van der Waals surface area contributed by atoms with E-state index >= 15 is 0 Å². The van der Waals surface area contributed by atoms with Gasteiger partial charge in [-0.1, -0.05) is 13.8 Å². The molecule has 0 aliphatic carbocycles. The Balaban J connectivity index is 2.07.